The van der Waals surface area contributed by atoms with E-state index in [1.165, 1.54) is 0 Å². The van der Waals surface area contributed by atoms with Gasteiger partial charge in [-0.2, -0.15) is 0 Å². The van der Waals surface area contributed by atoms with Crippen LogP contribution in [-0.2, 0) is 13.5 Å². The van der Waals surface area contributed by atoms with Crippen LogP contribution >= 0.6 is 11.8 Å². The standard InChI is InChI=1S/C10H16N2O2S/c1-4-15-10-11-7(2)8(5-6-13)9(14)12(10)3/h13H,4-6H2,1-3H3. The van der Waals surface area contributed by atoms with Gasteiger partial charge in [0.1, 0.15) is 0 Å². The van der Waals surface area contributed by atoms with Gasteiger partial charge in [-0.15, -0.1) is 0 Å². The van der Waals surface area contributed by atoms with Crippen molar-refractivity contribution in [1.82, 2.24) is 9.55 Å². The Kier molecular flexibility index (Phi) is 4.35. The summed E-state index contributed by atoms with van der Waals surface area (Å²) in [6.07, 6.45) is 0.378. The molecule has 0 aliphatic carbocycles. The van der Waals surface area contributed by atoms with Crippen LogP contribution < -0.4 is 5.56 Å². The van der Waals surface area contributed by atoms with Gasteiger partial charge in [-0.1, -0.05) is 18.7 Å². The van der Waals surface area contributed by atoms with Crippen molar-refractivity contribution in [3.05, 3.63) is 21.6 Å². The molecule has 0 fully saturated rings. The topological polar surface area (TPSA) is 55.1 Å². The zero-order valence-electron chi connectivity index (χ0n) is 9.28. The van der Waals surface area contributed by atoms with Crippen LogP contribution in [0.2, 0.25) is 0 Å². The molecule has 1 rings (SSSR count). The lowest BCUT2D eigenvalue weighted by Crippen LogP contribution is -2.26. The van der Waals surface area contributed by atoms with Gasteiger partial charge in [0.25, 0.3) is 5.56 Å². The molecule has 0 aliphatic heterocycles. The van der Waals surface area contributed by atoms with E-state index in [9.17, 15) is 4.79 Å². The van der Waals surface area contributed by atoms with Crippen molar-refractivity contribution in [2.24, 2.45) is 7.05 Å². The Balaban J connectivity index is 3.25. The highest BCUT2D eigenvalue weighted by Crippen LogP contribution is 2.13. The minimum atomic E-state index is -0.0486. The number of thioether (sulfide) groups is 1. The molecule has 0 radical (unpaired) electrons. The summed E-state index contributed by atoms with van der Waals surface area (Å²) in [4.78, 5) is 16.2. The van der Waals surface area contributed by atoms with Crippen molar-refractivity contribution in [1.29, 1.82) is 0 Å². The zero-order chi connectivity index (χ0) is 11.4. The fourth-order valence-corrected chi connectivity index (χ4v) is 2.12. The van der Waals surface area contributed by atoms with Crippen LogP contribution in [0.5, 0.6) is 0 Å². The molecule has 0 saturated carbocycles. The summed E-state index contributed by atoms with van der Waals surface area (Å²) in [7, 11) is 1.72. The van der Waals surface area contributed by atoms with Gasteiger partial charge in [-0.3, -0.25) is 9.36 Å². The van der Waals surface area contributed by atoms with Crippen molar-refractivity contribution in [2.75, 3.05) is 12.4 Å². The number of aliphatic hydroxyl groups excluding tert-OH is 1. The van der Waals surface area contributed by atoms with Gasteiger partial charge < -0.3 is 5.11 Å². The van der Waals surface area contributed by atoms with E-state index in [0.717, 1.165) is 16.6 Å². The summed E-state index contributed by atoms with van der Waals surface area (Å²) in [5.74, 6) is 0.888. The molecule has 0 atom stereocenters. The molecule has 0 aliphatic rings. The number of aliphatic hydroxyl groups is 1. The molecule has 0 bridgehead atoms. The molecule has 0 amide bonds. The second kappa shape index (κ2) is 5.32. The predicted molar refractivity (Wildman–Crippen MR) is 61.4 cm³/mol. The molecule has 4 nitrogen and oxygen atoms in total. The first-order chi connectivity index (χ1) is 7.11. The van der Waals surface area contributed by atoms with Crippen LogP contribution in [0.4, 0.5) is 0 Å². The number of rotatable bonds is 4. The Labute approximate surface area is 93.3 Å². The zero-order valence-corrected chi connectivity index (χ0v) is 10.1. The van der Waals surface area contributed by atoms with Gasteiger partial charge >= 0.3 is 0 Å². The number of aryl methyl sites for hydroxylation is 1. The van der Waals surface area contributed by atoms with Crippen molar-refractivity contribution in [3.8, 4) is 0 Å². The molecule has 0 spiro atoms. The number of hydrogen-bond acceptors (Lipinski definition) is 4. The van der Waals surface area contributed by atoms with Crippen LogP contribution in [0.3, 0.4) is 0 Å². The van der Waals surface area contributed by atoms with Gasteiger partial charge in [0, 0.05) is 31.3 Å². The number of aromatic nitrogens is 2. The van der Waals surface area contributed by atoms with E-state index in [1.54, 1.807) is 23.4 Å². The first kappa shape index (κ1) is 12.3. The Bertz CT molecular complexity index is 401. The first-order valence-corrected chi connectivity index (χ1v) is 5.90. The second-order valence-corrected chi connectivity index (χ2v) is 4.46. The van der Waals surface area contributed by atoms with Crippen LogP contribution in [0, 0.1) is 6.92 Å². The van der Waals surface area contributed by atoms with E-state index < -0.39 is 0 Å². The molecule has 1 aromatic rings. The van der Waals surface area contributed by atoms with Crippen LogP contribution in [0.25, 0.3) is 0 Å². The molecule has 1 aromatic heterocycles. The Morgan fingerprint density at radius 1 is 1.53 bits per heavy atom. The Morgan fingerprint density at radius 3 is 2.73 bits per heavy atom. The second-order valence-electron chi connectivity index (χ2n) is 3.23. The third-order valence-corrected chi connectivity index (χ3v) is 3.10. The lowest BCUT2D eigenvalue weighted by atomic mass is 10.2. The van der Waals surface area contributed by atoms with Gasteiger partial charge in [0.15, 0.2) is 5.16 Å². The third-order valence-electron chi connectivity index (χ3n) is 2.19. The van der Waals surface area contributed by atoms with Crippen molar-refractivity contribution in [2.45, 2.75) is 25.4 Å². The molecule has 0 saturated heterocycles. The Morgan fingerprint density at radius 2 is 2.20 bits per heavy atom. The smallest absolute Gasteiger partial charge is 0.257 e. The quantitative estimate of drug-likeness (QED) is 0.610. The summed E-state index contributed by atoms with van der Waals surface area (Å²) in [5.41, 5.74) is 1.29. The summed E-state index contributed by atoms with van der Waals surface area (Å²) in [6.45, 7) is 3.82. The highest BCUT2D eigenvalue weighted by molar-refractivity contribution is 7.99. The van der Waals surface area contributed by atoms with E-state index >= 15 is 0 Å². The van der Waals surface area contributed by atoms with Crippen molar-refractivity contribution in [3.63, 3.8) is 0 Å². The molecule has 1 heterocycles. The molecular formula is C10H16N2O2S. The van der Waals surface area contributed by atoms with E-state index in [0.29, 0.717) is 12.0 Å². The van der Waals surface area contributed by atoms with Gasteiger partial charge in [0.2, 0.25) is 0 Å². The molecule has 5 heteroatoms. The van der Waals surface area contributed by atoms with E-state index in [2.05, 4.69) is 4.98 Å². The predicted octanol–water partition coefficient (Wildman–Crippen LogP) is 0.736. The maximum atomic E-state index is 11.9. The Hall–Kier alpha value is -0.810. The van der Waals surface area contributed by atoms with E-state index in [1.807, 2.05) is 13.8 Å². The largest absolute Gasteiger partial charge is 0.396 e. The van der Waals surface area contributed by atoms with Crippen LogP contribution in [0.15, 0.2) is 9.95 Å². The maximum absolute atomic E-state index is 11.9. The monoisotopic (exact) mass is 228 g/mol. The fraction of sp³-hybridized carbons (Fsp3) is 0.600. The molecule has 0 aromatic carbocycles. The molecular weight excluding hydrogens is 212 g/mol. The van der Waals surface area contributed by atoms with Gasteiger partial charge in [-0.05, 0) is 12.7 Å². The van der Waals surface area contributed by atoms with Gasteiger partial charge in [-0.25, -0.2) is 4.98 Å². The number of hydrogen-bond donors (Lipinski definition) is 1. The first-order valence-electron chi connectivity index (χ1n) is 4.92. The maximum Gasteiger partial charge on any atom is 0.257 e. The molecule has 1 N–H and O–H groups in total. The lowest BCUT2D eigenvalue weighted by Gasteiger charge is -2.10. The average Bonchev–Trinajstić information content (AvgIpc) is 2.21. The third kappa shape index (κ3) is 2.60. The molecule has 0 unspecified atom stereocenters. The van der Waals surface area contributed by atoms with Crippen LogP contribution in [-0.4, -0.2) is 27.0 Å². The summed E-state index contributed by atoms with van der Waals surface area (Å²) >= 11 is 1.55. The highest BCUT2D eigenvalue weighted by Gasteiger charge is 2.10. The van der Waals surface area contributed by atoms with Crippen LogP contribution in [0.1, 0.15) is 18.2 Å². The molecule has 84 valence electrons. The normalized spacial score (nSPS) is 10.7. The van der Waals surface area contributed by atoms with Crippen molar-refractivity contribution < 1.29 is 5.11 Å². The van der Waals surface area contributed by atoms with Gasteiger partial charge in [0.05, 0.1) is 0 Å². The SMILES string of the molecule is CCSc1nc(C)c(CCO)c(=O)n1C. The number of nitrogens with zero attached hydrogens (tertiary/aromatic N) is 2. The fourth-order valence-electron chi connectivity index (χ4n) is 1.39. The summed E-state index contributed by atoms with van der Waals surface area (Å²) in [6, 6.07) is 0. The highest BCUT2D eigenvalue weighted by atomic mass is 32.2. The van der Waals surface area contributed by atoms with E-state index in [4.69, 9.17) is 5.11 Å². The minimum absolute atomic E-state index is 0.0158. The minimum Gasteiger partial charge on any atom is -0.396 e. The lowest BCUT2D eigenvalue weighted by molar-refractivity contribution is 0.298. The van der Waals surface area contributed by atoms with Crippen molar-refractivity contribution >= 4 is 11.8 Å². The summed E-state index contributed by atoms with van der Waals surface area (Å²) in [5, 5.41) is 9.59. The van der Waals surface area contributed by atoms with E-state index in [-0.39, 0.29) is 12.2 Å². The molecule has 15 heavy (non-hydrogen) atoms. The summed E-state index contributed by atoms with van der Waals surface area (Å²) < 4.78 is 1.55. The average molecular weight is 228 g/mol.